The average Bonchev–Trinajstić information content (AvgIpc) is 3.30. The van der Waals surface area contributed by atoms with Crippen LogP contribution in [0.25, 0.3) is 0 Å². The first-order valence-electron chi connectivity index (χ1n) is 17.2. The predicted molar refractivity (Wildman–Crippen MR) is 180 cm³/mol. The van der Waals surface area contributed by atoms with Gasteiger partial charge in [0.05, 0.1) is 0 Å². The first kappa shape index (κ1) is 33.9. The minimum absolute atomic E-state index is 0.0544. The zero-order valence-electron chi connectivity index (χ0n) is 27.7. The predicted octanol–water partition coefficient (Wildman–Crippen LogP) is 6.50. The number of benzene rings is 1. The second-order valence-electron chi connectivity index (χ2n) is 13.9. The molecule has 1 unspecified atom stereocenters. The van der Waals surface area contributed by atoms with E-state index in [4.69, 9.17) is 0 Å². The monoisotopic (exact) mass is 604 g/mol. The topological polar surface area (TPSA) is 76.1 Å². The van der Waals surface area contributed by atoms with Gasteiger partial charge >= 0.3 is 6.03 Å². The van der Waals surface area contributed by atoms with Crippen LogP contribution in [-0.2, 0) is 4.79 Å². The number of carbonyl (C=O) groups is 2. The van der Waals surface area contributed by atoms with Crippen LogP contribution in [-0.4, -0.2) is 77.3 Å². The van der Waals surface area contributed by atoms with E-state index in [2.05, 4.69) is 80.1 Å². The van der Waals surface area contributed by atoms with Crippen molar-refractivity contribution in [2.24, 2.45) is 5.92 Å². The molecule has 2 heterocycles. The van der Waals surface area contributed by atoms with E-state index in [0.29, 0.717) is 31.5 Å². The van der Waals surface area contributed by atoms with Gasteiger partial charge in [-0.15, -0.1) is 0 Å². The number of allylic oxidation sites excluding steroid dienone is 1. The molecule has 1 aromatic carbocycles. The standard InChI is InChI=1S/C37H56N4O3/c1-29(2)17-27-41(32-14-12-31(13-15-32)16-22-37(44)20-8-7-9-21-37)33-18-25-39(26-19-33)35(42)34(28-30(3)4)38-36(43)40-23-10-5-6-11-24-40/h12-15,17,30,33-34,44H,5-11,18-21,23-28H2,1-4H3,(H,38,43). The van der Waals surface area contributed by atoms with Gasteiger partial charge < -0.3 is 25.1 Å². The lowest BCUT2D eigenvalue weighted by atomic mass is 9.85. The van der Waals surface area contributed by atoms with E-state index in [1.165, 1.54) is 24.8 Å². The van der Waals surface area contributed by atoms with Gasteiger partial charge in [-0.05, 0) is 102 Å². The molecule has 2 aliphatic heterocycles. The maximum absolute atomic E-state index is 13.8. The highest BCUT2D eigenvalue weighted by Gasteiger charge is 2.33. The maximum atomic E-state index is 13.8. The largest absolute Gasteiger partial charge is 0.378 e. The number of anilines is 1. The summed E-state index contributed by atoms with van der Waals surface area (Å²) < 4.78 is 0. The van der Waals surface area contributed by atoms with Crippen molar-refractivity contribution in [2.75, 3.05) is 37.6 Å². The number of aliphatic hydroxyl groups is 1. The second-order valence-corrected chi connectivity index (χ2v) is 13.9. The van der Waals surface area contributed by atoms with E-state index in [1.807, 2.05) is 9.80 Å². The maximum Gasteiger partial charge on any atom is 0.318 e. The molecule has 3 amide bonds. The Morgan fingerprint density at radius 2 is 1.57 bits per heavy atom. The van der Waals surface area contributed by atoms with Gasteiger partial charge in [0.25, 0.3) is 0 Å². The van der Waals surface area contributed by atoms with Gasteiger partial charge in [0.15, 0.2) is 0 Å². The molecule has 0 radical (unpaired) electrons. The Bertz CT molecular complexity index is 1160. The average molecular weight is 605 g/mol. The van der Waals surface area contributed by atoms with E-state index in [1.54, 1.807) is 0 Å². The normalized spacial score (nSPS) is 19.8. The number of carbonyl (C=O) groups excluding carboxylic acids is 2. The van der Waals surface area contributed by atoms with Gasteiger partial charge in [-0.25, -0.2) is 4.79 Å². The summed E-state index contributed by atoms with van der Waals surface area (Å²) in [6.45, 7) is 12.2. The summed E-state index contributed by atoms with van der Waals surface area (Å²) in [4.78, 5) is 33.2. The molecule has 0 spiro atoms. The van der Waals surface area contributed by atoms with Crippen LogP contribution in [0.2, 0.25) is 0 Å². The third kappa shape index (κ3) is 10.0. The van der Waals surface area contributed by atoms with E-state index in [0.717, 1.165) is 82.3 Å². The Labute approximate surface area is 266 Å². The Morgan fingerprint density at radius 1 is 0.955 bits per heavy atom. The van der Waals surface area contributed by atoms with Crippen molar-refractivity contribution >= 4 is 17.6 Å². The van der Waals surface area contributed by atoms with Gasteiger partial charge in [0.2, 0.25) is 5.91 Å². The van der Waals surface area contributed by atoms with Crippen LogP contribution in [0.15, 0.2) is 35.9 Å². The SMILES string of the molecule is CC(C)=CCN(c1ccc(C#CC2(O)CCCCC2)cc1)C1CCN(C(=O)C(CC(C)C)NC(=O)N2CCCCCC2)CC1. The lowest BCUT2D eigenvalue weighted by Crippen LogP contribution is -2.55. The Hall–Kier alpha value is -2.98. The highest BCUT2D eigenvalue weighted by Crippen LogP contribution is 2.28. The highest BCUT2D eigenvalue weighted by atomic mass is 16.3. The van der Waals surface area contributed by atoms with Crippen molar-refractivity contribution < 1.29 is 14.7 Å². The first-order valence-corrected chi connectivity index (χ1v) is 17.2. The van der Waals surface area contributed by atoms with Crippen LogP contribution >= 0.6 is 0 Å². The number of hydrogen-bond donors (Lipinski definition) is 2. The minimum Gasteiger partial charge on any atom is -0.378 e. The third-order valence-corrected chi connectivity index (χ3v) is 9.43. The van der Waals surface area contributed by atoms with E-state index >= 15 is 0 Å². The molecular weight excluding hydrogens is 548 g/mol. The third-order valence-electron chi connectivity index (χ3n) is 9.43. The highest BCUT2D eigenvalue weighted by molar-refractivity contribution is 5.87. The van der Waals surface area contributed by atoms with Crippen LogP contribution in [0.1, 0.15) is 110 Å². The molecule has 1 aromatic rings. The molecule has 242 valence electrons. The van der Waals surface area contributed by atoms with Crippen molar-refractivity contribution in [3.63, 3.8) is 0 Å². The Balaban J connectivity index is 1.40. The van der Waals surface area contributed by atoms with Gasteiger partial charge in [0, 0.05) is 50.0 Å². The number of piperidine rings is 1. The summed E-state index contributed by atoms with van der Waals surface area (Å²) in [6, 6.07) is 8.15. The number of nitrogens with zero attached hydrogens (tertiary/aromatic N) is 3. The number of amides is 3. The fraction of sp³-hybridized carbons (Fsp3) is 0.676. The Morgan fingerprint density at radius 3 is 2.16 bits per heavy atom. The van der Waals surface area contributed by atoms with E-state index < -0.39 is 11.6 Å². The zero-order chi connectivity index (χ0) is 31.5. The summed E-state index contributed by atoms with van der Waals surface area (Å²) in [5.74, 6) is 6.74. The summed E-state index contributed by atoms with van der Waals surface area (Å²) >= 11 is 0. The summed E-state index contributed by atoms with van der Waals surface area (Å²) in [7, 11) is 0. The smallest absolute Gasteiger partial charge is 0.318 e. The number of urea groups is 1. The molecule has 3 aliphatic rings. The lowest BCUT2D eigenvalue weighted by Gasteiger charge is -2.40. The van der Waals surface area contributed by atoms with Gasteiger partial charge in [-0.3, -0.25) is 4.79 Å². The summed E-state index contributed by atoms with van der Waals surface area (Å²) in [5, 5.41) is 13.9. The molecule has 1 atom stereocenters. The van der Waals surface area contributed by atoms with Gasteiger partial charge in [0.1, 0.15) is 11.6 Å². The van der Waals surface area contributed by atoms with Crippen molar-refractivity contribution in [3.8, 4) is 11.8 Å². The molecule has 0 bridgehead atoms. The number of likely N-dealkylation sites (tertiary alicyclic amines) is 2. The van der Waals surface area contributed by atoms with Crippen LogP contribution < -0.4 is 10.2 Å². The molecule has 7 heteroatoms. The fourth-order valence-corrected chi connectivity index (χ4v) is 6.76. The fourth-order valence-electron chi connectivity index (χ4n) is 6.76. The first-order chi connectivity index (χ1) is 21.1. The number of rotatable bonds is 8. The van der Waals surface area contributed by atoms with Gasteiger partial charge in [-0.1, -0.05) is 56.6 Å². The molecule has 1 aliphatic carbocycles. The summed E-state index contributed by atoms with van der Waals surface area (Å²) in [6.07, 6.45) is 13.9. The van der Waals surface area contributed by atoms with E-state index in [-0.39, 0.29) is 11.9 Å². The van der Waals surface area contributed by atoms with Crippen LogP contribution in [0.3, 0.4) is 0 Å². The van der Waals surface area contributed by atoms with Crippen molar-refractivity contribution in [1.29, 1.82) is 0 Å². The van der Waals surface area contributed by atoms with Crippen LogP contribution in [0.5, 0.6) is 0 Å². The van der Waals surface area contributed by atoms with Gasteiger partial charge in [-0.2, -0.15) is 0 Å². The lowest BCUT2D eigenvalue weighted by molar-refractivity contribution is -0.134. The molecule has 3 fully saturated rings. The van der Waals surface area contributed by atoms with Crippen molar-refractivity contribution in [3.05, 3.63) is 41.5 Å². The molecule has 2 saturated heterocycles. The molecule has 1 saturated carbocycles. The number of nitrogens with one attached hydrogen (secondary N) is 1. The molecule has 0 aromatic heterocycles. The molecular formula is C37H56N4O3. The van der Waals surface area contributed by atoms with Crippen LogP contribution in [0.4, 0.5) is 10.5 Å². The number of hydrogen-bond acceptors (Lipinski definition) is 4. The summed E-state index contributed by atoms with van der Waals surface area (Å²) in [5.41, 5.74) is 2.51. The molecule has 4 rings (SSSR count). The molecule has 2 N–H and O–H groups in total. The quantitative estimate of drug-likeness (QED) is 0.263. The molecule has 44 heavy (non-hydrogen) atoms. The van der Waals surface area contributed by atoms with Crippen LogP contribution in [0, 0.1) is 17.8 Å². The molecule has 7 nitrogen and oxygen atoms in total. The minimum atomic E-state index is -0.846. The Kier molecular flexibility index (Phi) is 12.6. The van der Waals surface area contributed by atoms with Crippen molar-refractivity contribution in [1.82, 2.24) is 15.1 Å². The van der Waals surface area contributed by atoms with Crippen molar-refractivity contribution in [2.45, 2.75) is 122 Å². The van der Waals surface area contributed by atoms with E-state index in [9.17, 15) is 14.7 Å². The zero-order valence-corrected chi connectivity index (χ0v) is 27.7. The second kappa shape index (κ2) is 16.4.